The quantitative estimate of drug-likeness (QED) is 0.907. The SMILES string of the molecule is CNC1CCN(C(=O)c2ccc(OC)c(OC)c2)CC1. The van der Waals surface area contributed by atoms with E-state index in [9.17, 15) is 4.79 Å². The summed E-state index contributed by atoms with van der Waals surface area (Å²) in [6.45, 7) is 1.58. The zero-order valence-electron chi connectivity index (χ0n) is 12.3. The van der Waals surface area contributed by atoms with Gasteiger partial charge < -0.3 is 19.7 Å². The van der Waals surface area contributed by atoms with Gasteiger partial charge in [-0.2, -0.15) is 0 Å². The molecule has 1 N–H and O–H groups in total. The first-order valence-corrected chi connectivity index (χ1v) is 6.88. The highest BCUT2D eigenvalue weighted by molar-refractivity contribution is 5.95. The van der Waals surface area contributed by atoms with E-state index in [1.807, 2.05) is 11.9 Å². The predicted molar refractivity (Wildman–Crippen MR) is 77.5 cm³/mol. The number of benzene rings is 1. The molecular weight excluding hydrogens is 256 g/mol. The molecule has 0 bridgehead atoms. The molecule has 20 heavy (non-hydrogen) atoms. The van der Waals surface area contributed by atoms with Gasteiger partial charge >= 0.3 is 0 Å². The zero-order chi connectivity index (χ0) is 14.5. The van der Waals surface area contributed by atoms with Crippen LogP contribution in [-0.4, -0.2) is 51.2 Å². The van der Waals surface area contributed by atoms with Gasteiger partial charge in [0.2, 0.25) is 0 Å². The molecule has 1 heterocycles. The summed E-state index contributed by atoms with van der Waals surface area (Å²) in [7, 11) is 5.13. The van der Waals surface area contributed by atoms with Crippen LogP contribution in [0, 0.1) is 0 Å². The van der Waals surface area contributed by atoms with Gasteiger partial charge in [-0.1, -0.05) is 0 Å². The molecule has 0 atom stereocenters. The lowest BCUT2D eigenvalue weighted by Gasteiger charge is -2.32. The van der Waals surface area contributed by atoms with E-state index in [1.54, 1.807) is 32.4 Å². The molecule has 1 amide bonds. The van der Waals surface area contributed by atoms with Crippen molar-refractivity contribution in [3.05, 3.63) is 23.8 Å². The Hall–Kier alpha value is -1.75. The normalized spacial score (nSPS) is 16.1. The van der Waals surface area contributed by atoms with Crippen molar-refractivity contribution in [3.8, 4) is 11.5 Å². The molecule has 0 aliphatic carbocycles. The number of nitrogens with zero attached hydrogens (tertiary/aromatic N) is 1. The van der Waals surface area contributed by atoms with Crippen molar-refractivity contribution < 1.29 is 14.3 Å². The second-order valence-electron chi connectivity index (χ2n) is 4.92. The molecule has 1 saturated heterocycles. The predicted octanol–water partition coefficient (Wildman–Crippen LogP) is 1.53. The van der Waals surface area contributed by atoms with E-state index in [0.717, 1.165) is 25.9 Å². The summed E-state index contributed by atoms with van der Waals surface area (Å²) in [5.74, 6) is 1.28. The second kappa shape index (κ2) is 6.61. The third kappa shape index (κ3) is 3.04. The molecule has 1 aromatic rings. The number of amides is 1. The highest BCUT2D eigenvalue weighted by Crippen LogP contribution is 2.28. The Morgan fingerprint density at radius 2 is 1.85 bits per heavy atom. The number of rotatable bonds is 4. The van der Waals surface area contributed by atoms with Crippen molar-refractivity contribution >= 4 is 5.91 Å². The first-order chi connectivity index (χ1) is 9.69. The molecule has 0 aromatic heterocycles. The average Bonchev–Trinajstić information content (AvgIpc) is 2.53. The van der Waals surface area contributed by atoms with Crippen LogP contribution in [0.5, 0.6) is 11.5 Å². The van der Waals surface area contributed by atoms with Gasteiger partial charge in [0.1, 0.15) is 0 Å². The number of ether oxygens (including phenoxy) is 2. The van der Waals surface area contributed by atoms with E-state index in [0.29, 0.717) is 23.1 Å². The Morgan fingerprint density at radius 1 is 1.20 bits per heavy atom. The van der Waals surface area contributed by atoms with Gasteiger partial charge in [0, 0.05) is 24.7 Å². The number of hydrogen-bond acceptors (Lipinski definition) is 4. The lowest BCUT2D eigenvalue weighted by Crippen LogP contribution is -2.43. The van der Waals surface area contributed by atoms with Gasteiger partial charge in [-0.15, -0.1) is 0 Å². The van der Waals surface area contributed by atoms with Crippen LogP contribution >= 0.6 is 0 Å². The number of hydrogen-bond donors (Lipinski definition) is 1. The summed E-state index contributed by atoms with van der Waals surface area (Å²) < 4.78 is 10.4. The molecule has 0 saturated carbocycles. The van der Waals surface area contributed by atoms with Crippen LogP contribution < -0.4 is 14.8 Å². The fraction of sp³-hybridized carbons (Fsp3) is 0.533. The van der Waals surface area contributed by atoms with Gasteiger partial charge in [-0.25, -0.2) is 0 Å². The fourth-order valence-corrected chi connectivity index (χ4v) is 2.52. The Balaban J connectivity index is 2.09. The fourth-order valence-electron chi connectivity index (χ4n) is 2.52. The highest BCUT2D eigenvalue weighted by Gasteiger charge is 2.23. The van der Waals surface area contributed by atoms with E-state index < -0.39 is 0 Å². The third-order valence-corrected chi connectivity index (χ3v) is 3.82. The number of piperidine rings is 1. The molecule has 1 aliphatic heterocycles. The van der Waals surface area contributed by atoms with E-state index in [4.69, 9.17) is 9.47 Å². The van der Waals surface area contributed by atoms with Gasteiger partial charge in [0.05, 0.1) is 14.2 Å². The maximum Gasteiger partial charge on any atom is 0.253 e. The maximum atomic E-state index is 12.5. The van der Waals surface area contributed by atoms with Crippen molar-refractivity contribution in [2.75, 3.05) is 34.4 Å². The summed E-state index contributed by atoms with van der Waals surface area (Å²) in [5.41, 5.74) is 0.644. The maximum absolute atomic E-state index is 12.5. The zero-order valence-corrected chi connectivity index (χ0v) is 12.3. The topological polar surface area (TPSA) is 50.8 Å². The van der Waals surface area contributed by atoms with E-state index in [1.165, 1.54) is 0 Å². The molecule has 0 unspecified atom stereocenters. The Bertz CT molecular complexity index is 468. The molecule has 1 aromatic carbocycles. The summed E-state index contributed by atoms with van der Waals surface area (Å²) in [4.78, 5) is 14.4. The summed E-state index contributed by atoms with van der Waals surface area (Å²) >= 11 is 0. The highest BCUT2D eigenvalue weighted by atomic mass is 16.5. The van der Waals surface area contributed by atoms with Gasteiger partial charge in [-0.05, 0) is 38.1 Å². The van der Waals surface area contributed by atoms with Crippen LogP contribution in [0.25, 0.3) is 0 Å². The van der Waals surface area contributed by atoms with Crippen LogP contribution in [0.1, 0.15) is 23.2 Å². The molecule has 0 radical (unpaired) electrons. The van der Waals surface area contributed by atoms with Crippen molar-refractivity contribution in [3.63, 3.8) is 0 Å². The molecular formula is C15H22N2O3. The first kappa shape index (κ1) is 14.7. The van der Waals surface area contributed by atoms with Crippen molar-refractivity contribution in [1.82, 2.24) is 10.2 Å². The average molecular weight is 278 g/mol. The smallest absolute Gasteiger partial charge is 0.253 e. The standard InChI is InChI=1S/C15H22N2O3/c1-16-12-6-8-17(9-7-12)15(18)11-4-5-13(19-2)14(10-11)20-3/h4-5,10,12,16H,6-9H2,1-3H3. The van der Waals surface area contributed by atoms with Crippen molar-refractivity contribution in [2.45, 2.75) is 18.9 Å². The molecule has 2 rings (SSSR count). The third-order valence-electron chi connectivity index (χ3n) is 3.82. The lowest BCUT2D eigenvalue weighted by atomic mass is 10.0. The second-order valence-corrected chi connectivity index (χ2v) is 4.92. The monoisotopic (exact) mass is 278 g/mol. The van der Waals surface area contributed by atoms with Crippen LogP contribution in [0.2, 0.25) is 0 Å². The minimum atomic E-state index is 0.0560. The van der Waals surface area contributed by atoms with Gasteiger partial charge in [0.25, 0.3) is 5.91 Å². The van der Waals surface area contributed by atoms with Crippen molar-refractivity contribution in [1.29, 1.82) is 0 Å². The molecule has 110 valence electrons. The van der Waals surface area contributed by atoms with Crippen LogP contribution in [-0.2, 0) is 0 Å². The number of carbonyl (C=O) groups excluding carboxylic acids is 1. The molecule has 1 aliphatic rings. The van der Waals surface area contributed by atoms with E-state index in [-0.39, 0.29) is 5.91 Å². The van der Waals surface area contributed by atoms with Gasteiger partial charge in [-0.3, -0.25) is 4.79 Å². The minimum absolute atomic E-state index is 0.0560. The minimum Gasteiger partial charge on any atom is -0.493 e. The first-order valence-electron chi connectivity index (χ1n) is 6.88. The number of carbonyl (C=O) groups is 1. The Morgan fingerprint density at radius 3 is 2.40 bits per heavy atom. The van der Waals surface area contributed by atoms with Crippen LogP contribution in [0.15, 0.2) is 18.2 Å². The molecule has 1 fully saturated rings. The number of likely N-dealkylation sites (tertiary alicyclic amines) is 1. The number of nitrogens with one attached hydrogen (secondary N) is 1. The summed E-state index contributed by atoms with van der Waals surface area (Å²) in [6.07, 6.45) is 1.99. The van der Waals surface area contributed by atoms with Crippen LogP contribution in [0.3, 0.4) is 0 Å². The summed E-state index contributed by atoms with van der Waals surface area (Å²) in [5, 5.41) is 3.26. The largest absolute Gasteiger partial charge is 0.493 e. The Kier molecular flexibility index (Phi) is 4.84. The van der Waals surface area contributed by atoms with Gasteiger partial charge in [0.15, 0.2) is 11.5 Å². The lowest BCUT2D eigenvalue weighted by molar-refractivity contribution is 0.0707. The molecule has 0 spiro atoms. The van der Waals surface area contributed by atoms with Crippen LogP contribution in [0.4, 0.5) is 0 Å². The Labute approximate surface area is 119 Å². The number of methoxy groups -OCH3 is 2. The van der Waals surface area contributed by atoms with E-state index in [2.05, 4.69) is 5.32 Å². The van der Waals surface area contributed by atoms with Crippen molar-refractivity contribution in [2.24, 2.45) is 0 Å². The van der Waals surface area contributed by atoms with E-state index >= 15 is 0 Å². The molecule has 5 heteroatoms. The molecule has 5 nitrogen and oxygen atoms in total. The summed E-state index contributed by atoms with van der Waals surface area (Å²) in [6, 6.07) is 5.82.